The maximum absolute atomic E-state index is 13.0. The standard InChI is InChI=1S/C18H16N2O6/c1-9(2)25-10-6-7-12-14(8-10)26-18(22)15-11(16(21)17(12,18)19)4-3-5-13(15)20(23)24/h3-9,22H,19H2,1-2H3. The molecule has 0 saturated carbocycles. The third kappa shape index (κ3) is 1.82. The van der Waals surface area contributed by atoms with Gasteiger partial charge in [-0.3, -0.25) is 14.9 Å². The molecule has 26 heavy (non-hydrogen) atoms. The number of hydrogen-bond donors (Lipinski definition) is 2. The highest BCUT2D eigenvalue weighted by Crippen LogP contribution is 2.58. The van der Waals surface area contributed by atoms with Crippen LogP contribution >= 0.6 is 0 Å². The van der Waals surface area contributed by atoms with Crippen LogP contribution in [0.15, 0.2) is 36.4 Å². The van der Waals surface area contributed by atoms with Crippen molar-refractivity contribution in [2.45, 2.75) is 31.3 Å². The molecule has 0 fully saturated rings. The largest absolute Gasteiger partial charge is 0.491 e. The molecule has 1 aliphatic heterocycles. The Bertz CT molecular complexity index is 972. The van der Waals surface area contributed by atoms with E-state index in [-0.39, 0.29) is 28.5 Å². The highest BCUT2D eigenvalue weighted by molar-refractivity contribution is 6.11. The molecule has 1 aliphatic carbocycles. The van der Waals surface area contributed by atoms with Crippen molar-refractivity contribution in [2.24, 2.45) is 5.73 Å². The number of hydrogen-bond acceptors (Lipinski definition) is 7. The van der Waals surface area contributed by atoms with Crippen LogP contribution in [-0.2, 0) is 11.3 Å². The second-order valence-corrected chi connectivity index (χ2v) is 6.66. The number of benzene rings is 2. The van der Waals surface area contributed by atoms with Crippen LogP contribution in [0.25, 0.3) is 0 Å². The first-order valence-electron chi connectivity index (χ1n) is 8.04. The van der Waals surface area contributed by atoms with Gasteiger partial charge in [-0.2, -0.15) is 0 Å². The van der Waals surface area contributed by atoms with Crippen LogP contribution in [0.2, 0.25) is 0 Å². The van der Waals surface area contributed by atoms with Crippen molar-refractivity contribution in [3.05, 3.63) is 63.2 Å². The molecule has 134 valence electrons. The lowest BCUT2D eigenvalue weighted by molar-refractivity contribution is -0.388. The fourth-order valence-electron chi connectivity index (χ4n) is 3.65. The number of Topliss-reactive ketones (excluding diaryl/α,β-unsaturated/α-hetero) is 1. The second kappa shape index (κ2) is 5.03. The Balaban J connectivity index is 1.93. The number of carbonyl (C=O) groups excluding carboxylic acids is 1. The van der Waals surface area contributed by atoms with Gasteiger partial charge < -0.3 is 20.3 Å². The molecule has 8 nitrogen and oxygen atoms in total. The van der Waals surface area contributed by atoms with E-state index in [0.717, 1.165) is 0 Å². The van der Waals surface area contributed by atoms with E-state index in [2.05, 4.69) is 0 Å². The highest BCUT2D eigenvalue weighted by atomic mass is 16.6. The van der Waals surface area contributed by atoms with Crippen LogP contribution < -0.4 is 15.2 Å². The van der Waals surface area contributed by atoms with E-state index in [1.165, 1.54) is 24.3 Å². The van der Waals surface area contributed by atoms with E-state index >= 15 is 0 Å². The van der Waals surface area contributed by atoms with Gasteiger partial charge in [0.15, 0.2) is 11.3 Å². The maximum atomic E-state index is 13.0. The molecule has 2 aromatic rings. The van der Waals surface area contributed by atoms with Crippen LogP contribution in [0.3, 0.4) is 0 Å². The molecule has 2 unspecified atom stereocenters. The summed E-state index contributed by atoms with van der Waals surface area (Å²) in [6, 6.07) is 8.66. The van der Waals surface area contributed by atoms with E-state index in [0.29, 0.717) is 5.75 Å². The lowest BCUT2D eigenvalue weighted by Gasteiger charge is -2.29. The zero-order chi connectivity index (χ0) is 18.9. The Morgan fingerprint density at radius 2 is 2.04 bits per heavy atom. The van der Waals surface area contributed by atoms with Gasteiger partial charge in [-0.15, -0.1) is 0 Å². The van der Waals surface area contributed by atoms with Crippen LogP contribution in [0.1, 0.15) is 35.3 Å². The zero-order valence-electron chi connectivity index (χ0n) is 14.1. The number of ether oxygens (including phenoxy) is 2. The second-order valence-electron chi connectivity index (χ2n) is 6.66. The van der Waals surface area contributed by atoms with Crippen LogP contribution in [0, 0.1) is 10.1 Å². The molecule has 2 atom stereocenters. The minimum atomic E-state index is -2.36. The topological polar surface area (TPSA) is 125 Å². The van der Waals surface area contributed by atoms with Gasteiger partial charge in [0.05, 0.1) is 11.0 Å². The fourth-order valence-corrected chi connectivity index (χ4v) is 3.65. The van der Waals surface area contributed by atoms with Crippen molar-refractivity contribution in [2.75, 3.05) is 0 Å². The minimum absolute atomic E-state index is 0.0163. The average molecular weight is 356 g/mol. The summed E-state index contributed by atoms with van der Waals surface area (Å²) in [5, 5.41) is 22.6. The Labute approximate surface area is 148 Å². The van der Waals surface area contributed by atoms with Gasteiger partial charge in [0, 0.05) is 23.3 Å². The zero-order valence-corrected chi connectivity index (χ0v) is 14.1. The molecule has 8 heteroatoms. The van der Waals surface area contributed by atoms with Gasteiger partial charge in [-0.25, -0.2) is 0 Å². The van der Waals surface area contributed by atoms with Gasteiger partial charge in [0.25, 0.3) is 11.5 Å². The monoisotopic (exact) mass is 356 g/mol. The Hall–Kier alpha value is -2.97. The average Bonchev–Trinajstić information content (AvgIpc) is 2.90. The first kappa shape index (κ1) is 16.5. The van der Waals surface area contributed by atoms with Crippen molar-refractivity contribution >= 4 is 11.5 Å². The summed E-state index contributed by atoms with van der Waals surface area (Å²) in [5.74, 6) is -2.36. The molecule has 0 radical (unpaired) electrons. The van der Waals surface area contributed by atoms with Gasteiger partial charge in [0.1, 0.15) is 17.1 Å². The third-order valence-electron chi connectivity index (χ3n) is 4.72. The summed E-state index contributed by atoms with van der Waals surface area (Å²) in [6.07, 6.45) is -0.0904. The number of rotatable bonds is 3. The lowest BCUT2D eigenvalue weighted by Crippen LogP contribution is -2.55. The van der Waals surface area contributed by atoms with Crippen molar-refractivity contribution < 1.29 is 24.3 Å². The normalized spacial score (nSPS) is 25.5. The number of nitro benzene ring substituents is 1. The summed E-state index contributed by atoms with van der Waals surface area (Å²) in [5.41, 5.74) is 3.97. The molecule has 4 rings (SSSR count). The van der Waals surface area contributed by atoms with Gasteiger partial charge in [-0.05, 0) is 26.0 Å². The number of aliphatic hydroxyl groups is 1. The maximum Gasteiger partial charge on any atom is 0.280 e. The number of carbonyl (C=O) groups is 1. The van der Waals surface area contributed by atoms with Crippen molar-refractivity contribution in [3.8, 4) is 11.5 Å². The predicted octanol–water partition coefficient (Wildman–Crippen LogP) is 1.97. The first-order valence-corrected chi connectivity index (χ1v) is 8.04. The smallest absolute Gasteiger partial charge is 0.280 e. The number of nitro groups is 1. The van der Waals surface area contributed by atoms with Gasteiger partial charge >= 0.3 is 0 Å². The van der Waals surface area contributed by atoms with Crippen molar-refractivity contribution in [1.82, 2.24) is 0 Å². The molecular weight excluding hydrogens is 340 g/mol. The SMILES string of the molecule is CC(C)Oc1ccc2c(c1)OC1(O)c3c(cccc3[N+](=O)[O-])C(=O)C21N. The van der Waals surface area contributed by atoms with Gasteiger partial charge in [0.2, 0.25) is 0 Å². The Morgan fingerprint density at radius 1 is 1.31 bits per heavy atom. The molecule has 2 aliphatic rings. The van der Waals surface area contributed by atoms with Crippen LogP contribution in [-0.4, -0.2) is 21.9 Å². The molecular formula is C18H16N2O6. The summed E-state index contributed by atoms with van der Waals surface area (Å²) in [6.45, 7) is 3.70. The minimum Gasteiger partial charge on any atom is -0.491 e. The highest BCUT2D eigenvalue weighted by Gasteiger charge is 2.71. The van der Waals surface area contributed by atoms with E-state index in [4.69, 9.17) is 15.2 Å². The molecule has 3 N–H and O–H groups in total. The van der Waals surface area contributed by atoms with Gasteiger partial charge in [-0.1, -0.05) is 12.1 Å². The first-order chi connectivity index (χ1) is 12.2. The van der Waals surface area contributed by atoms with Crippen LogP contribution in [0.5, 0.6) is 11.5 Å². The molecule has 0 saturated heterocycles. The number of nitrogens with two attached hydrogens (primary N) is 1. The Kier molecular flexibility index (Phi) is 3.19. The number of nitrogens with zero attached hydrogens (tertiary/aromatic N) is 1. The molecule has 1 heterocycles. The molecule has 0 amide bonds. The van der Waals surface area contributed by atoms with E-state index in [9.17, 15) is 20.0 Å². The Morgan fingerprint density at radius 3 is 2.69 bits per heavy atom. The number of fused-ring (bicyclic) bond motifs is 5. The van der Waals surface area contributed by atoms with E-state index in [1.807, 2.05) is 13.8 Å². The summed E-state index contributed by atoms with van der Waals surface area (Å²) < 4.78 is 11.2. The quantitative estimate of drug-likeness (QED) is 0.636. The van der Waals surface area contributed by atoms with Crippen LogP contribution in [0.4, 0.5) is 5.69 Å². The molecule has 2 aromatic carbocycles. The summed E-state index contributed by atoms with van der Waals surface area (Å²) >= 11 is 0. The predicted molar refractivity (Wildman–Crippen MR) is 90.0 cm³/mol. The summed E-state index contributed by atoms with van der Waals surface area (Å²) in [7, 11) is 0. The van der Waals surface area contributed by atoms with E-state index < -0.39 is 27.7 Å². The van der Waals surface area contributed by atoms with Crippen molar-refractivity contribution in [3.63, 3.8) is 0 Å². The van der Waals surface area contributed by atoms with E-state index in [1.54, 1.807) is 12.1 Å². The van der Waals surface area contributed by atoms with Crippen molar-refractivity contribution in [1.29, 1.82) is 0 Å². The third-order valence-corrected chi connectivity index (χ3v) is 4.72. The molecule has 0 bridgehead atoms. The molecule has 0 spiro atoms. The fraction of sp³-hybridized carbons (Fsp3) is 0.278. The molecule has 0 aromatic heterocycles. The summed E-state index contributed by atoms with van der Waals surface area (Å²) in [4.78, 5) is 23.7. The lowest BCUT2D eigenvalue weighted by atomic mass is 9.84. The number of ketones is 1.